The Bertz CT molecular complexity index is 807. The molecule has 0 bridgehead atoms. The van der Waals surface area contributed by atoms with Crippen molar-refractivity contribution in [2.75, 3.05) is 6.54 Å². The van der Waals surface area contributed by atoms with Crippen LogP contribution in [-0.4, -0.2) is 37.8 Å². The molecule has 0 saturated carbocycles. The fourth-order valence-corrected chi connectivity index (χ4v) is 3.26. The molecule has 1 fully saturated rings. The number of aliphatic hydroxyl groups is 1. The van der Waals surface area contributed by atoms with Gasteiger partial charge in [0, 0.05) is 25.7 Å². The van der Waals surface area contributed by atoms with E-state index in [4.69, 9.17) is 4.52 Å². The van der Waals surface area contributed by atoms with Crippen molar-refractivity contribution >= 4 is 0 Å². The Morgan fingerprint density at radius 2 is 1.96 bits per heavy atom. The Kier molecular flexibility index (Phi) is 4.54. The molecule has 4 rings (SSSR count). The number of benzene rings is 1. The van der Waals surface area contributed by atoms with Crippen molar-refractivity contribution in [3.63, 3.8) is 0 Å². The first kappa shape index (κ1) is 15.9. The SMILES string of the molecule is O[C@@H]1C[C@@H](c2nc(Cc3ccccc3)no2)N(Cc2ccccn2)C1. The van der Waals surface area contributed by atoms with Crippen molar-refractivity contribution in [3.05, 3.63) is 77.7 Å². The van der Waals surface area contributed by atoms with Crippen LogP contribution >= 0.6 is 0 Å². The Morgan fingerprint density at radius 3 is 2.76 bits per heavy atom. The van der Waals surface area contributed by atoms with Crippen LogP contribution < -0.4 is 0 Å². The van der Waals surface area contributed by atoms with E-state index in [1.165, 1.54) is 0 Å². The molecular formula is C19H20N4O2. The van der Waals surface area contributed by atoms with Gasteiger partial charge in [-0.05, 0) is 24.1 Å². The summed E-state index contributed by atoms with van der Waals surface area (Å²) >= 11 is 0. The van der Waals surface area contributed by atoms with Crippen molar-refractivity contribution in [3.8, 4) is 0 Å². The highest BCUT2D eigenvalue weighted by Crippen LogP contribution is 2.32. The van der Waals surface area contributed by atoms with E-state index in [1.807, 2.05) is 48.5 Å². The molecule has 2 atom stereocenters. The van der Waals surface area contributed by atoms with Crippen LogP contribution in [0.5, 0.6) is 0 Å². The van der Waals surface area contributed by atoms with E-state index in [9.17, 15) is 5.11 Å². The predicted octanol–water partition coefficient (Wildman–Crippen LogP) is 2.36. The minimum atomic E-state index is -0.391. The highest BCUT2D eigenvalue weighted by molar-refractivity contribution is 5.18. The largest absolute Gasteiger partial charge is 0.392 e. The Labute approximate surface area is 146 Å². The monoisotopic (exact) mass is 336 g/mol. The number of pyridine rings is 1. The number of likely N-dealkylation sites (tertiary alicyclic amines) is 1. The van der Waals surface area contributed by atoms with Crippen molar-refractivity contribution < 1.29 is 9.63 Å². The average Bonchev–Trinajstić information content (AvgIpc) is 3.23. The number of nitrogens with zero attached hydrogens (tertiary/aromatic N) is 4. The number of rotatable bonds is 5. The molecule has 0 amide bonds. The summed E-state index contributed by atoms with van der Waals surface area (Å²) in [6, 6.07) is 15.8. The molecule has 3 aromatic rings. The molecule has 1 saturated heterocycles. The van der Waals surface area contributed by atoms with Gasteiger partial charge in [-0.2, -0.15) is 4.98 Å². The van der Waals surface area contributed by atoms with Gasteiger partial charge in [0.05, 0.1) is 17.8 Å². The van der Waals surface area contributed by atoms with E-state index in [0.717, 1.165) is 11.3 Å². The first-order valence-corrected chi connectivity index (χ1v) is 8.46. The predicted molar refractivity (Wildman–Crippen MR) is 91.6 cm³/mol. The van der Waals surface area contributed by atoms with Crippen molar-refractivity contribution in [2.45, 2.75) is 31.5 Å². The number of aromatic nitrogens is 3. The van der Waals surface area contributed by atoms with Crippen LogP contribution in [0.3, 0.4) is 0 Å². The van der Waals surface area contributed by atoms with Gasteiger partial charge < -0.3 is 9.63 Å². The number of hydrogen-bond acceptors (Lipinski definition) is 6. The second kappa shape index (κ2) is 7.13. The zero-order valence-electron chi connectivity index (χ0n) is 13.8. The molecule has 3 heterocycles. The normalized spacial score (nSPS) is 20.8. The van der Waals surface area contributed by atoms with Crippen LogP contribution in [0.15, 0.2) is 59.3 Å². The van der Waals surface area contributed by atoms with Crippen LogP contribution in [-0.2, 0) is 13.0 Å². The molecule has 1 aromatic carbocycles. The molecule has 6 heteroatoms. The van der Waals surface area contributed by atoms with Gasteiger partial charge in [-0.3, -0.25) is 9.88 Å². The van der Waals surface area contributed by atoms with E-state index >= 15 is 0 Å². The molecule has 1 aliphatic rings. The van der Waals surface area contributed by atoms with E-state index in [0.29, 0.717) is 37.6 Å². The molecule has 0 unspecified atom stereocenters. The third-order valence-corrected chi connectivity index (χ3v) is 4.45. The van der Waals surface area contributed by atoms with E-state index in [-0.39, 0.29) is 6.04 Å². The second-order valence-corrected chi connectivity index (χ2v) is 6.37. The van der Waals surface area contributed by atoms with E-state index in [2.05, 4.69) is 20.0 Å². The van der Waals surface area contributed by atoms with Gasteiger partial charge in [-0.1, -0.05) is 41.6 Å². The minimum Gasteiger partial charge on any atom is -0.392 e. The van der Waals surface area contributed by atoms with Crippen LogP contribution in [0.4, 0.5) is 0 Å². The zero-order chi connectivity index (χ0) is 17.1. The van der Waals surface area contributed by atoms with Crippen LogP contribution in [0.25, 0.3) is 0 Å². The summed E-state index contributed by atoms with van der Waals surface area (Å²) in [6.07, 6.45) is 2.62. The summed E-state index contributed by atoms with van der Waals surface area (Å²) in [4.78, 5) is 11.1. The topological polar surface area (TPSA) is 75.3 Å². The lowest BCUT2D eigenvalue weighted by Crippen LogP contribution is -2.25. The molecular weight excluding hydrogens is 316 g/mol. The number of hydrogen-bond donors (Lipinski definition) is 1. The van der Waals surface area contributed by atoms with Crippen molar-refractivity contribution in [1.29, 1.82) is 0 Å². The average molecular weight is 336 g/mol. The standard InChI is InChI=1S/C19H20N4O2/c24-16-11-17(23(13-16)12-15-8-4-5-9-20-15)19-21-18(22-25-19)10-14-6-2-1-3-7-14/h1-9,16-17,24H,10-13H2/t16-,17+/m1/s1. The molecule has 128 valence electrons. The molecule has 0 spiro atoms. The lowest BCUT2D eigenvalue weighted by Gasteiger charge is -2.20. The van der Waals surface area contributed by atoms with Crippen molar-refractivity contribution in [1.82, 2.24) is 20.0 Å². The Balaban J connectivity index is 1.49. The highest BCUT2D eigenvalue weighted by atomic mass is 16.5. The van der Waals surface area contributed by atoms with Gasteiger partial charge >= 0.3 is 0 Å². The van der Waals surface area contributed by atoms with Gasteiger partial charge in [-0.15, -0.1) is 0 Å². The summed E-state index contributed by atoms with van der Waals surface area (Å²) in [5.74, 6) is 1.23. The smallest absolute Gasteiger partial charge is 0.244 e. The molecule has 25 heavy (non-hydrogen) atoms. The lowest BCUT2D eigenvalue weighted by atomic mass is 10.1. The maximum absolute atomic E-state index is 10.1. The highest BCUT2D eigenvalue weighted by Gasteiger charge is 2.36. The summed E-state index contributed by atoms with van der Waals surface area (Å²) in [6.45, 7) is 1.23. The Morgan fingerprint density at radius 1 is 1.12 bits per heavy atom. The lowest BCUT2D eigenvalue weighted by molar-refractivity contribution is 0.168. The number of β-amino-alcohol motifs (C(OH)–C–C–N with tert-alkyl or cyclic N) is 1. The molecule has 2 aromatic heterocycles. The summed E-state index contributed by atoms with van der Waals surface area (Å²) in [7, 11) is 0. The van der Waals surface area contributed by atoms with Crippen molar-refractivity contribution in [2.24, 2.45) is 0 Å². The molecule has 1 aliphatic heterocycles. The van der Waals surface area contributed by atoms with Gasteiger partial charge in [0.1, 0.15) is 0 Å². The third kappa shape index (κ3) is 3.75. The van der Waals surface area contributed by atoms with Gasteiger partial charge in [0.2, 0.25) is 5.89 Å². The second-order valence-electron chi connectivity index (χ2n) is 6.37. The Hall–Kier alpha value is -2.57. The fraction of sp³-hybridized carbons (Fsp3) is 0.316. The van der Waals surface area contributed by atoms with E-state index < -0.39 is 6.10 Å². The molecule has 0 radical (unpaired) electrons. The van der Waals surface area contributed by atoms with Crippen LogP contribution in [0, 0.1) is 0 Å². The fourth-order valence-electron chi connectivity index (χ4n) is 3.26. The maximum Gasteiger partial charge on any atom is 0.244 e. The zero-order valence-corrected chi connectivity index (χ0v) is 13.8. The molecule has 0 aliphatic carbocycles. The van der Waals surface area contributed by atoms with Gasteiger partial charge in [0.25, 0.3) is 0 Å². The van der Waals surface area contributed by atoms with E-state index in [1.54, 1.807) is 6.20 Å². The van der Waals surface area contributed by atoms with Crippen LogP contribution in [0.1, 0.15) is 35.4 Å². The summed E-state index contributed by atoms with van der Waals surface area (Å²) in [5.41, 5.74) is 2.11. The summed E-state index contributed by atoms with van der Waals surface area (Å²) < 4.78 is 5.50. The number of aliphatic hydroxyl groups excluding tert-OH is 1. The molecule has 6 nitrogen and oxygen atoms in total. The third-order valence-electron chi connectivity index (χ3n) is 4.45. The summed E-state index contributed by atoms with van der Waals surface area (Å²) in [5, 5.41) is 14.2. The first-order valence-electron chi connectivity index (χ1n) is 8.46. The quantitative estimate of drug-likeness (QED) is 0.771. The molecule has 1 N–H and O–H groups in total. The first-order chi connectivity index (χ1) is 12.3. The van der Waals surface area contributed by atoms with Gasteiger partial charge in [0.15, 0.2) is 5.82 Å². The maximum atomic E-state index is 10.1. The minimum absolute atomic E-state index is 0.0750. The van der Waals surface area contributed by atoms with Crippen LogP contribution in [0.2, 0.25) is 0 Å². The van der Waals surface area contributed by atoms with Gasteiger partial charge in [-0.25, -0.2) is 0 Å².